The first-order chi connectivity index (χ1) is 12.1. The molecule has 1 N–H and O–H groups in total. The molecule has 1 aliphatic rings. The van der Waals surface area contributed by atoms with Crippen molar-refractivity contribution >= 4 is 18.3 Å². The second kappa shape index (κ2) is 7.74. The molecule has 2 rings (SSSR count). The quantitative estimate of drug-likeness (QED) is 0.810. The number of piperazine rings is 1. The molecule has 0 aromatic heterocycles. The van der Waals surface area contributed by atoms with Gasteiger partial charge in [0.05, 0.1) is 13.1 Å². The zero-order valence-electron chi connectivity index (χ0n) is 15.3. The largest absolute Gasteiger partial charge is 0.527 e. The zero-order valence-corrected chi connectivity index (χ0v) is 15.3. The molecular formula is C18H25N2O6+. The van der Waals surface area contributed by atoms with Gasteiger partial charge in [0, 0.05) is 0 Å². The highest BCUT2D eigenvalue weighted by Gasteiger charge is 2.50. The number of imide groups is 1. The number of quaternary nitrogens is 1. The first-order valence-corrected chi connectivity index (χ1v) is 8.44. The molecule has 0 radical (unpaired) electrons. The molecule has 0 spiro atoms. The summed E-state index contributed by atoms with van der Waals surface area (Å²) in [5, 5.41) is 9.60. The van der Waals surface area contributed by atoms with Gasteiger partial charge in [0.15, 0.2) is 0 Å². The smallest absolute Gasteiger partial charge is 0.444 e. The van der Waals surface area contributed by atoms with E-state index in [1.807, 2.05) is 18.2 Å². The number of ether oxygens (including phenoxy) is 2. The standard InChI is InChI=1S/C18H24N2O6/c1-18(2,3)26-15(21)19-9-11-20(12-10-19,16(22)23)17(24)25-13-14-7-5-4-6-8-14/h4-8H,9-13H2,1-3H3/p+1. The van der Waals surface area contributed by atoms with Gasteiger partial charge in [0.1, 0.15) is 25.3 Å². The fourth-order valence-corrected chi connectivity index (χ4v) is 2.61. The molecule has 1 aromatic rings. The van der Waals surface area contributed by atoms with E-state index in [1.54, 1.807) is 32.9 Å². The van der Waals surface area contributed by atoms with Crippen LogP contribution < -0.4 is 0 Å². The van der Waals surface area contributed by atoms with E-state index in [-0.39, 0.29) is 32.8 Å². The fourth-order valence-electron chi connectivity index (χ4n) is 2.61. The predicted molar refractivity (Wildman–Crippen MR) is 92.5 cm³/mol. The molecular weight excluding hydrogens is 340 g/mol. The van der Waals surface area contributed by atoms with Crippen LogP contribution in [0.2, 0.25) is 0 Å². The van der Waals surface area contributed by atoms with Gasteiger partial charge in [-0.3, -0.25) is 4.90 Å². The number of hydrogen-bond acceptors (Lipinski definition) is 5. The normalized spacial score (nSPS) is 16.7. The SMILES string of the molecule is CC(C)(C)OC(=O)N1CC[N+](C(=O)O)(C(=O)OCc2ccccc2)CC1. The first-order valence-electron chi connectivity index (χ1n) is 8.44. The molecule has 0 atom stereocenters. The van der Waals surface area contributed by atoms with Crippen molar-refractivity contribution in [2.45, 2.75) is 33.0 Å². The van der Waals surface area contributed by atoms with Crippen LogP contribution in [0.3, 0.4) is 0 Å². The van der Waals surface area contributed by atoms with Crippen LogP contribution in [0.4, 0.5) is 14.4 Å². The number of benzene rings is 1. The molecule has 1 saturated heterocycles. The monoisotopic (exact) mass is 365 g/mol. The van der Waals surface area contributed by atoms with E-state index in [0.29, 0.717) is 0 Å². The molecule has 0 bridgehead atoms. The lowest BCUT2D eigenvalue weighted by Gasteiger charge is -2.37. The molecule has 0 saturated carbocycles. The van der Waals surface area contributed by atoms with Gasteiger partial charge in [0.2, 0.25) is 0 Å². The second-order valence-electron chi connectivity index (χ2n) is 7.21. The van der Waals surface area contributed by atoms with Crippen molar-refractivity contribution in [3.05, 3.63) is 35.9 Å². The molecule has 0 aliphatic carbocycles. The molecule has 26 heavy (non-hydrogen) atoms. The Kier molecular flexibility index (Phi) is 5.86. The number of carbonyl (C=O) groups excluding carboxylic acids is 2. The van der Waals surface area contributed by atoms with Crippen molar-refractivity contribution in [2.75, 3.05) is 26.2 Å². The van der Waals surface area contributed by atoms with Gasteiger partial charge >= 0.3 is 18.3 Å². The molecule has 142 valence electrons. The summed E-state index contributed by atoms with van der Waals surface area (Å²) in [6, 6.07) is 9.04. The van der Waals surface area contributed by atoms with E-state index >= 15 is 0 Å². The van der Waals surface area contributed by atoms with Gasteiger partial charge in [-0.15, -0.1) is 4.48 Å². The molecule has 1 aromatic carbocycles. The van der Waals surface area contributed by atoms with Crippen molar-refractivity contribution < 1.29 is 33.4 Å². The molecule has 8 heteroatoms. The maximum Gasteiger partial charge on any atom is 0.527 e. The van der Waals surface area contributed by atoms with Crippen LogP contribution >= 0.6 is 0 Å². The van der Waals surface area contributed by atoms with E-state index < -0.39 is 28.4 Å². The highest BCUT2D eigenvalue weighted by molar-refractivity contribution is 5.76. The van der Waals surface area contributed by atoms with Crippen LogP contribution in [-0.2, 0) is 16.1 Å². The fraction of sp³-hybridized carbons (Fsp3) is 0.500. The number of nitrogens with zero attached hydrogens (tertiary/aromatic N) is 2. The lowest BCUT2D eigenvalue weighted by atomic mass is 10.2. The Balaban J connectivity index is 1.99. The second-order valence-corrected chi connectivity index (χ2v) is 7.21. The summed E-state index contributed by atoms with van der Waals surface area (Å²) >= 11 is 0. The zero-order chi connectivity index (χ0) is 19.4. The van der Waals surface area contributed by atoms with Crippen LogP contribution in [0.5, 0.6) is 0 Å². The summed E-state index contributed by atoms with van der Waals surface area (Å²) in [4.78, 5) is 37.8. The highest BCUT2D eigenvalue weighted by atomic mass is 16.6. The maximum atomic E-state index is 12.5. The van der Waals surface area contributed by atoms with Crippen LogP contribution in [-0.4, -0.2) is 64.5 Å². The Labute approximate surface area is 152 Å². The Morgan fingerprint density at radius 1 is 1.12 bits per heavy atom. The maximum absolute atomic E-state index is 12.5. The van der Waals surface area contributed by atoms with E-state index in [0.717, 1.165) is 5.56 Å². The molecule has 1 heterocycles. The number of carbonyl (C=O) groups is 3. The third-order valence-electron chi connectivity index (χ3n) is 4.08. The minimum absolute atomic E-state index is 0.00271. The Bertz CT molecular complexity index is 660. The minimum Gasteiger partial charge on any atom is -0.444 e. The number of carboxylic acid groups (broad SMARTS) is 1. The van der Waals surface area contributed by atoms with E-state index in [9.17, 15) is 19.5 Å². The number of rotatable bonds is 2. The van der Waals surface area contributed by atoms with Gasteiger partial charge in [0.25, 0.3) is 0 Å². The topological polar surface area (TPSA) is 93.1 Å². The van der Waals surface area contributed by atoms with Crippen molar-refractivity contribution in [3.63, 3.8) is 0 Å². The van der Waals surface area contributed by atoms with E-state index in [4.69, 9.17) is 9.47 Å². The summed E-state index contributed by atoms with van der Waals surface area (Å²) in [5.41, 5.74) is 0.138. The average Bonchev–Trinajstić information content (AvgIpc) is 2.59. The molecule has 1 aliphatic heterocycles. The van der Waals surface area contributed by atoms with Crippen LogP contribution in [0.25, 0.3) is 0 Å². The van der Waals surface area contributed by atoms with E-state index in [2.05, 4.69) is 0 Å². The van der Waals surface area contributed by atoms with Gasteiger partial charge < -0.3 is 14.6 Å². The van der Waals surface area contributed by atoms with Crippen molar-refractivity contribution in [1.29, 1.82) is 0 Å². The van der Waals surface area contributed by atoms with Gasteiger partial charge in [-0.2, -0.15) is 9.59 Å². The van der Waals surface area contributed by atoms with Crippen molar-refractivity contribution in [2.24, 2.45) is 0 Å². The summed E-state index contributed by atoms with van der Waals surface area (Å²) < 4.78 is 9.66. The molecule has 8 nitrogen and oxygen atoms in total. The summed E-state index contributed by atoms with van der Waals surface area (Å²) in [6.45, 7) is 5.34. The first kappa shape index (κ1) is 19.7. The lowest BCUT2D eigenvalue weighted by molar-refractivity contribution is -0.790. The van der Waals surface area contributed by atoms with Crippen LogP contribution in [0.15, 0.2) is 30.3 Å². The number of amides is 3. The Morgan fingerprint density at radius 2 is 1.69 bits per heavy atom. The Morgan fingerprint density at radius 3 is 2.19 bits per heavy atom. The minimum atomic E-state index is -1.29. The van der Waals surface area contributed by atoms with Gasteiger partial charge in [-0.1, -0.05) is 30.3 Å². The molecule has 3 amide bonds. The Hall–Kier alpha value is -2.61. The van der Waals surface area contributed by atoms with Crippen molar-refractivity contribution in [3.8, 4) is 0 Å². The highest BCUT2D eigenvalue weighted by Crippen LogP contribution is 2.19. The van der Waals surface area contributed by atoms with Crippen LogP contribution in [0.1, 0.15) is 26.3 Å². The van der Waals surface area contributed by atoms with E-state index in [1.165, 1.54) is 4.90 Å². The summed E-state index contributed by atoms with van der Waals surface area (Å²) in [7, 11) is 0. The third kappa shape index (κ3) is 4.72. The van der Waals surface area contributed by atoms with Gasteiger partial charge in [-0.05, 0) is 26.3 Å². The lowest BCUT2D eigenvalue weighted by Crippen LogP contribution is -2.65. The van der Waals surface area contributed by atoms with Crippen LogP contribution in [0, 0.1) is 0 Å². The molecule has 0 unspecified atom stereocenters. The van der Waals surface area contributed by atoms with Gasteiger partial charge in [-0.25, -0.2) is 4.79 Å². The molecule has 1 fully saturated rings. The third-order valence-corrected chi connectivity index (χ3v) is 4.08. The number of hydrogen-bond donors (Lipinski definition) is 1. The summed E-state index contributed by atoms with van der Waals surface area (Å²) in [5.74, 6) is 0. The summed E-state index contributed by atoms with van der Waals surface area (Å²) in [6.07, 6.45) is -2.63. The predicted octanol–water partition coefficient (Wildman–Crippen LogP) is 3.07. The van der Waals surface area contributed by atoms with Crippen molar-refractivity contribution in [1.82, 2.24) is 4.90 Å². The average molecular weight is 365 g/mol.